The van der Waals surface area contributed by atoms with Crippen LogP contribution < -0.4 is 9.61 Å². The zero-order valence-electron chi connectivity index (χ0n) is 16.4. The number of rotatable bonds is 7. The number of hydrogen-bond acceptors (Lipinski definition) is 5. The third-order valence-electron chi connectivity index (χ3n) is 4.93. The lowest BCUT2D eigenvalue weighted by atomic mass is 10.0. The molecule has 1 saturated carbocycles. The van der Waals surface area contributed by atoms with Crippen molar-refractivity contribution in [2.75, 3.05) is 0 Å². The van der Waals surface area contributed by atoms with Crippen molar-refractivity contribution in [3.8, 4) is 5.75 Å². The van der Waals surface area contributed by atoms with E-state index in [4.69, 9.17) is 4.18 Å². The summed E-state index contributed by atoms with van der Waals surface area (Å²) in [7, 11) is -4.37. The highest BCUT2D eigenvalue weighted by atomic mass is 32.2. The molecule has 0 aromatic heterocycles. The molecule has 166 valence electrons. The lowest BCUT2D eigenvalue weighted by Crippen LogP contribution is -2.20. The molecule has 31 heavy (non-hydrogen) atoms. The monoisotopic (exact) mass is 454 g/mol. The summed E-state index contributed by atoms with van der Waals surface area (Å²) in [6.45, 7) is 0. The Morgan fingerprint density at radius 2 is 1.74 bits per heavy atom. The van der Waals surface area contributed by atoms with Gasteiger partial charge >= 0.3 is 16.3 Å². The third-order valence-corrected chi connectivity index (χ3v) is 6.18. The lowest BCUT2D eigenvalue weighted by Gasteiger charge is -2.11. The Morgan fingerprint density at radius 3 is 2.39 bits per heavy atom. The molecule has 1 aliphatic carbocycles. The van der Waals surface area contributed by atoms with Gasteiger partial charge in [0.15, 0.2) is 5.75 Å². The first kappa shape index (κ1) is 22.8. The fourth-order valence-electron chi connectivity index (χ4n) is 3.34. The summed E-state index contributed by atoms with van der Waals surface area (Å²) < 4.78 is 68.1. The highest BCUT2D eigenvalue weighted by molar-refractivity contribution is 7.87. The predicted molar refractivity (Wildman–Crippen MR) is 108 cm³/mol. The molecule has 6 nitrogen and oxygen atoms in total. The Labute approximate surface area is 178 Å². The smallest absolute Gasteiger partial charge is 0.378 e. The fraction of sp³-hybridized carbons (Fsp3) is 0.333. The number of para-hydroxylation sites is 1. The Bertz CT molecular complexity index is 1050. The maximum atomic E-state index is 12.7. The molecule has 0 heterocycles. The number of nitrogens with zero attached hydrogens (tertiary/aromatic N) is 1. The van der Waals surface area contributed by atoms with Gasteiger partial charge in [-0.15, -0.1) is 0 Å². The molecule has 3 rings (SSSR count). The number of carbonyl (C=O) groups excluding carboxylic acids is 1. The van der Waals surface area contributed by atoms with E-state index in [9.17, 15) is 26.4 Å². The average molecular weight is 454 g/mol. The first-order valence-corrected chi connectivity index (χ1v) is 11.1. The summed E-state index contributed by atoms with van der Waals surface area (Å²) in [6, 6.07) is 9.07. The van der Waals surface area contributed by atoms with Crippen LogP contribution in [-0.4, -0.2) is 20.5 Å². The molecule has 1 fully saturated rings. The van der Waals surface area contributed by atoms with E-state index in [0.29, 0.717) is 24.5 Å². The molecule has 0 bridgehead atoms. The van der Waals surface area contributed by atoms with Crippen LogP contribution in [0.25, 0.3) is 0 Å². The number of amides is 1. The first-order valence-electron chi connectivity index (χ1n) is 9.68. The highest BCUT2D eigenvalue weighted by Crippen LogP contribution is 2.30. The Balaban J connectivity index is 1.68. The van der Waals surface area contributed by atoms with E-state index in [1.54, 1.807) is 6.07 Å². The van der Waals surface area contributed by atoms with E-state index < -0.39 is 26.8 Å². The quantitative estimate of drug-likeness (QED) is 0.379. The molecular formula is C21H21F3N2O4S. The van der Waals surface area contributed by atoms with Crippen LogP contribution >= 0.6 is 0 Å². The normalized spacial score (nSPS) is 15.3. The van der Waals surface area contributed by atoms with E-state index in [1.165, 1.54) is 24.4 Å². The van der Waals surface area contributed by atoms with Gasteiger partial charge in [-0.2, -0.15) is 26.7 Å². The number of halogens is 3. The molecule has 0 atom stereocenters. The molecule has 0 radical (unpaired) electrons. The number of nitrogens with one attached hydrogen (secondary N) is 1. The van der Waals surface area contributed by atoms with Gasteiger partial charge in [0.25, 0.3) is 0 Å². The number of carbonyl (C=O) groups is 1. The second-order valence-electron chi connectivity index (χ2n) is 7.25. The summed E-state index contributed by atoms with van der Waals surface area (Å²) in [5.74, 6) is 0.0646. The van der Waals surface area contributed by atoms with Crippen molar-refractivity contribution in [1.29, 1.82) is 0 Å². The van der Waals surface area contributed by atoms with Crippen LogP contribution in [0.15, 0.2) is 58.5 Å². The summed E-state index contributed by atoms with van der Waals surface area (Å²) in [4.78, 5) is 11.5. The number of hydrogen-bond donors (Lipinski definition) is 1. The van der Waals surface area contributed by atoms with Gasteiger partial charge in [-0.1, -0.05) is 25.0 Å². The SMILES string of the molecule is O=C(CC1CCCC1)NN=Cc1ccccc1OS(=O)(=O)c1ccc(C(F)(F)F)cc1. The average Bonchev–Trinajstić information content (AvgIpc) is 3.21. The van der Waals surface area contributed by atoms with E-state index in [-0.39, 0.29) is 17.2 Å². The van der Waals surface area contributed by atoms with Gasteiger partial charge in [0.2, 0.25) is 5.91 Å². The highest BCUT2D eigenvalue weighted by Gasteiger charge is 2.31. The molecule has 0 unspecified atom stereocenters. The van der Waals surface area contributed by atoms with E-state index in [2.05, 4.69) is 10.5 Å². The van der Waals surface area contributed by atoms with Crippen molar-refractivity contribution in [1.82, 2.24) is 5.43 Å². The van der Waals surface area contributed by atoms with Crippen LogP contribution in [0.3, 0.4) is 0 Å². The van der Waals surface area contributed by atoms with Crippen molar-refractivity contribution in [3.63, 3.8) is 0 Å². The van der Waals surface area contributed by atoms with Gasteiger partial charge in [-0.3, -0.25) is 4.79 Å². The van der Waals surface area contributed by atoms with Crippen molar-refractivity contribution in [2.45, 2.75) is 43.2 Å². The minimum absolute atomic E-state index is 0.0730. The Morgan fingerprint density at radius 1 is 1.10 bits per heavy atom. The molecule has 2 aromatic carbocycles. The second kappa shape index (κ2) is 9.51. The lowest BCUT2D eigenvalue weighted by molar-refractivity contribution is -0.137. The fourth-order valence-corrected chi connectivity index (χ4v) is 4.29. The van der Waals surface area contributed by atoms with Gasteiger partial charge < -0.3 is 4.18 Å². The molecule has 2 aromatic rings. The molecule has 0 spiro atoms. The van der Waals surface area contributed by atoms with Crippen LogP contribution in [0.4, 0.5) is 13.2 Å². The zero-order valence-corrected chi connectivity index (χ0v) is 17.2. The Hall–Kier alpha value is -2.88. The Kier molecular flexibility index (Phi) is 6.99. The molecule has 0 saturated heterocycles. The van der Waals surface area contributed by atoms with Crippen LogP contribution in [0.5, 0.6) is 5.75 Å². The van der Waals surface area contributed by atoms with E-state index >= 15 is 0 Å². The molecule has 0 aliphatic heterocycles. The summed E-state index contributed by atoms with van der Waals surface area (Å²) in [5.41, 5.74) is 1.73. The molecule has 1 aliphatic rings. The summed E-state index contributed by atoms with van der Waals surface area (Å²) >= 11 is 0. The van der Waals surface area contributed by atoms with Crippen LogP contribution in [0, 0.1) is 5.92 Å². The number of alkyl halides is 3. The van der Waals surface area contributed by atoms with E-state index in [0.717, 1.165) is 37.8 Å². The van der Waals surface area contributed by atoms with Crippen molar-refractivity contribution < 1.29 is 30.6 Å². The maximum absolute atomic E-state index is 12.7. The summed E-state index contributed by atoms with van der Waals surface area (Å²) in [6.07, 6.45) is 1.36. The largest absolute Gasteiger partial charge is 0.416 e. The zero-order chi connectivity index (χ0) is 22.5. The topological polar surface area (TPSA) is 84.8 Å². The van der Waals surface area contributed by atoms with Gasteiger partial charge in [0.05, 0.1) is 11.8 Å². The van der Waals surface area contributed by atoms with Crippen LogP contribution in [-0.2, 0) is 21.1 Å². The number of benzene rings is 2. The van der Waals surface area contributed by atoms with Crippen molar-refractivity contribution in [2.24, 2.45) is 11.0 Å². The van der Waals surface area contributed by atoms with Crippen molar-refractivity contribution in [3.05, 3.63) is 59.7 Å². The van der Waals surface area contributed by atoms with Gasteiger partial charge in [0.1, 0.15) is 4.90 Å². The molecular weight excluding hydrogens is 433 g/mol. The van der Waals surface area contributed by atoms with E-state index in [1.807, 2.05) is 0 Å². The minimum Gasteiger partial charge on any atom is -0.378 e. The molecule has 1 amide bonds. The predicted octanol–water partition coefficient (Wildman–Crippen LogP) is 4.50. The van der Waals surface area contributed by atoms with Crippen LogP contribution in [0.2, 0.25) is 0 Å². The summed E-state index contributed by atoms with van der Waals surface area (Å²) in [5, 5.41) is 3.86. The first-order chi connectivity index (χ1) is 14.6. The maximum Gasteiger partial charge on any atom is 0.416 e. The molecule has 1 N–H and O–H groups in total. The standard InChI is InChI=1S/C21H21F3N2O4S/c22-21(23,24)17-9-11-18(12-10-17)31(28,29)30-19-8-4-3-7-16(19)14-25-26-20(27)13-15-5-1-2-6-15/h3-4,7-12,14-15H,1-2,5-6,13H2,(H,26,27). The van der Waals surface area contributed by atoms with Gasteiger partial charge in [-0.05, 0) is 55.2 Å². The van der Waals surface area contributed by atoms with Crippen LogP contribution in [0.1, 0.15) is 43.2 Å². The molecule has 10 heteroatoms. The van der Waals surface area contributed by atoms with Gasteiger partial charge in [-0.25, -0.2) is 5.43 Å². The number of hydrazone groups is 1. The minimum atomic E-state index is -4.57. The second-order valence-corrected chi connectivity index (χ2v) is 8.79. The van der Waals surface area contributed by atoms with Gasteiger partial charge in [0, 0.05) is 12.0 Å². The van der Waals surface area contributed by atoms with Crippen molar-refractivity contribution >= 4 is 22.2 Å². The third kappa shape index (κ3) is 6.30.